The molecule has 0 aliphatic heterocycles. The number of rotatable bonds is 7. The van der Waals surface area contributed by atoms with Gasteiger partial charge in [-0.25, -0.2) is 13.4 Å². The number of amides is 1. The molecule has 0 aliphatic rings. The van der Waals surface area contributed by atoms with E-state index in [0.29, 0.717) is 5.69 Å². The zero-order valence-electron chi connectivity index (χ0n) is 17.1. The quantitative estimate of drug-likeness (QED) is 0.643. The summed E-state index contributed by atoms with van der Waals surface area (Å²) in [6.07, 6.45) is 0.720. The fourth-order valence-corrected chi connectivity index (χ4v) is 4.44. The van der Waals surface area contributed by atoms with Gasteiger partial charge < -0.3 is 9.88 Å². The molecular weight excluding hydrogens is 388 g/mol. The summed E-state index contributed by atoms with van der Waals surface area (Å²) in [6, 6.07) is 13.8. The molecule has 1 aromatic heterocycles. The Balaban J connectivity index is 1.76. The molecule has 0 fully saturated rings. The van der Waals surface area contributed by atoms with Crippen LogP contribution in [0.25, 0.3) is 11.0 Å². The number of anilines is 1. The summed E-state index contributed by atoms with van der Waals surface area (Å²) < 4.78 is 28.3. The number of benzene rings is 2. The van der Waals surface area contributed by atoms with Crippen LogP contribution in [0, 0.1) is 0 Å². The van der Waals surface area contributed by atoms with Crippen molar-refractivity contribution >= 4 is 32.7 Å². The number of para-hydroxylation sites is 2. The maximum absolute atomic E-state index is 12.6. The SMILES string of the molecule is CCc1nc2ccccc2n1CC(=O)Nc1ccc(S(=O)(=O)N(C)C(C)C)cc1. The standard InChI is InChI=1S/C21H26N4O3S/c1-5-20-23-18-8-6-7-9-19(18)25(20)14-21(26)22-16-10-12-17(13-11-16)29(27,28)24(4)15(2)3/h6-13,15H,5,14H2,1-4H3,(H,22,26). The fraction of sp³-hybridized carbons (Fsp3) is 0.333. The molecule has 8 heteroatoms. The maximum atomic E-state index is 12.6. The zero-order chi connectivity index (χ0) is 21.2. The van der Waals surface area contributed by atoms with Crippen LogP contribution in [0.1, 0.15) is 26.6 Å². The summed E-state index contributed by atoms with van der Waals surface area (Å²) in [5.41, 5.74) is 2.32. The molecule has 0 spiro atoms. The lowest BCUT2D eigenvalue weighted by Gasteiger charge is -2.21. The van der Waals surface area contributed by atoms with Crippen molar-refractivity contribution in [2.45, 2.75) is 44.7 Å². The second-order valence-electron chi connectivity index (χ2n) is 7.14. The van der Waals surface area contributed by atoms with Crippen molar-refractivity contribution in [2.75, 3.05) is 12.4 Å². The van der Waals surface area contributed by atoms with Gasteiger partial charge in [-0.05, 0) is 50.2 Å². The van der Waals surface area contributed by atoms with Gasteiger partial charge in [-0.15, -0.1) is 0 Å². The number of carbonyl (C=O) groups is 1. The number of aromatic nitrogens is 2. The molecule has 29 heavy (non-hydrogen) atoms. The number of nitrogens with one attached hydrogen (secondary N) is 1. The van der Waals surface area contributed by atoms with Crippen LogP contribution >= 0.6 is 0 Å². The predicted octanol–water partition coefficient (Wildman–Crippen LogP) is 3.27. The van der Waals surface area contributed by atoms with Gasteiger partial charge in [0.15, 0.2) is 0 Å². The van der Waals surface area contributed by atoms with Crippen LogP contribution in [0.3, 0.4) is 0 Å². The van der Waals surface area contributed by atoms with Crippen molar-refractivity contribution in [3.8, 4) is 0 Å². The van der Waals surface area contributed by atoms with Crippen LogP contribution in [0.15, 0.2) is 53.4 Å². The normalized spacial score (nSPS) is 12.1. The Labute approximate surface area is 171 Å². The molecule has 1 heterocycles. The van der Waals surface area contributed by atoms with Crippen LogP contribution in [0.4, 0.5) is 5.69 Å². The van der Waals surface area contributed by atoms with E-state index in [0.717, 1.165) is 23.3 Å². The molecule has 0 atom stereocenters. The van der Waals surface area contributed by atoms with Crippen molar-refractivity contribution in [2.24, 2.45) is 0 Å². The number of sulfonamides is 1. The van der Waals surface area contributed by atoms with E-state index in [-0.39, 0.29) is 23.4 Å². The highest BCUT2D eigenvalue weighted by atomic mass is 32.2. The van der Waals surface area contributed by atoms with E-state index in [9.17, 15) is 13.2 Å². The Hall–Kier alpha value is -2.71. The first-order valence-electron chi connectivity index (χ1n) is 9.56. The van der Waals surface area contributed by atoms with E-state index in [2.05, 4.69) is 10.3 Å². The monoisotopic (exact) mass is 414 g/mol. The van der Waals surface area contributed by atoms with Gasteiger partial charge in [0, 0.05) is 25.2 Å². The van der Waals surface area contributed by atoms with Gasteiger partial charge in [-0.2, -0.15) is 4.31 Å². The van der Waals surface area contributed by atoms with Crippen LogP contribution < -0.4 is 5.32 Å². The minimum absolute atomic E-state index is 0.139. The molecule has 3 aromatic rings. The van der Waals surface area contributed by atoms with Gasteiger partial charge in [-0.1, -0.05) is 19.1 Å². The van der Waals surface area contributed by atoms with Crippen molar-refractivity contribution in [1.82, 2.24) is 13.9 Å². The van der Waals surface area contributed by atoms with Crippen LogP contribution in [-0.2, 0) is 27.8 Å². The van der Waals surface area contributed by atoms with Gasteiger partial charge in [0.1, 0.15) is 12.4 Å². The number of aryl methyl sites for hydroxylation is 1. The van der Waals surface area contributed by atoms with Crippen molar-refractivity contribution < 1.29 is 13.2 Å². The van der Waals surface area contributed by atoms with Gasteiger partial charge in [0.2, 0.25) is 15.9 Å². The summed E-state index contributed by atoms with van der Waals surface area (Å²) in [4.78, 5) is 17.4. The minimum Gasteiger partial charge on any atom is -0.325 e. The number of nitrogens with zero attached hydrogens (tertiary/aromatic N) is 3. The van der Waals surface area contributed by atoms with Crippen LogP contribution in [0.5, 0.6) is 0 Å². The lowest BCUT2D eigenvalue weighted by molar-refractivity contribution is -0.116. The molecule has 0 unspecified atom stereocenters. The van der Waals surface area contributed by atoms with Gasteiger partial charge in [-0.3, -0.25) is 4.79 Å². The third-order valence-corrected chi connectivity index (χ3v) is 6.94. The van der Waals surface area contributed by atoms with E-state index < -0.39 is 10.0 Å². The topological polar surface area (TPSA) is 84.3 Å². The number of imidazole rings is 1. The van der Waals surface area contributed by atoms with Crippen molar-refractivity contribution in [3.05, 3.63) is 54.4 Å². The van der Waals surface area contributed by atoms with Gasteiger partial charge in [0.25, 0.3) is 0 Å². The number of fused-ring (bicyclic) bond motifs is 1. The smallest absolute Gasteiger partial charge is 0.244 e. The third kappa shape index (κ3) is 4.33. The molecule has 3 rings (SSSR count). The van der Waals surface area contributed by atoms with Gasteiger partial charge >= 0.3 is 0 Å². The Morgan fingerprint density at radius 1 is 1.14 bits per heavy atom. The summed E-state index contributed by atoms with van der Waals surface area (Å²) in [5, 5.41) is 2.83. The first-order chi connectivity index (χ1) is 13.7. The highest BCUT2D eigenvalue weighted by molar-refractivity contribution is 7.89. The number of hydrogen-bond acceptors (Lipinski definition) is 4. The largest absolute Gasteiger partial charge is 0.325 e. The molecule has 0 aliphatic carbocycles. The van der Waals surface area contributed by atoms with Gasteiger partial charge in [0.05, 0.1) is 15.9 Å². The predicted molar refractivity (Wildman–Crippen MR) is 114 cm³/mol. The summed E-state index contributed by atoms with van der Waals surface area (Å²) in [7, 11) is -2.00. The molecule has 1 amide bonds. The maximum Gasteiger partial charge on any atom is 0.244 e. The van der Waals surface area contributed by atoms with E-state index in [4.69, 9.17) is 0 Å². The molecule has 1 N–H and O–H groups in total. The molecule has 0 radical (unpaired) electrons. The fourth-order valence-electron chi connectivity index (χ4n) is 3.07. The van der Waals surface area contributed by atoms with Crippen LogP contribution in [-0.4, -0.2) is 41.3 Å². The Morgan fingerprint density at radius 3 is 2.41 bits per heavy atom. The molecule has 0 saturated carbocycles. The van der Waals surface area contributed by atoms with Crippen molar-refractivity contribution in [3.63, 3.8) is 0 Å². The van der Waals surface area contributed by atoms with E-state index in [1.165, 1.54) is 16.4 Å². The Kier molecular flexibility index (Phi) is 6.04. The number of hydrogen-bond donors (Lipinski definition) is 1. The molecule has 0 bridgehead atoms. The van der Waals surface area contributed by atoms with Crippen LogP contribution in [0.2, 0.25) is 0 Å². The average molecular weight is 415 g/mol. The zero-order valence-corrected chi connectivity index (χ0v) is 17.9. The van der Waals surface area contributed by atoms with E-state index >= 15 is 0 Å². The Morgan fingerprint density at radius 2 is 1.79 bits per heavy atom. The first-order valence-corrected chi connectivity index (χ1v) is 11.0. The lowest BCUT2D eigenvalue weighted by Crippen LogP contribution is -2.33. The summed E-state index contributed by atoms with van der Waals surface area (Å²) in [6.45, 7) is 5.77. The van der Waals surface area contributed by atoms with E-state index in [1.54, 1.807) is 19.2 Å². The summed E-state index contributed by atoms with van der Waals surface area (Å²) in [5.74, 6) is 0.650. The highest BCUT2D eigenvalue weighted by Gasteiger charge is 2.23. The molecule has 0 saturated heterocycles. The lowest BCUT2D eigenvalue weighted by atomic mass is 10.3. The minimum atomic E-state index is -3.55. The average Bonchev–Trinajstić information content (AvgIpc) is 3.05. The molecule has 7 nitrogen and oxygen atoms in total. The third-order valence-electron chi connectivity index (χ3n) is 4.89. The highest BCUT2D eigenvalue weighted by Crippen LogP contribution is 2.20. The van der Waals surface area contributed by atoms with E-state index in [1.807, 2.05) is 49.6 Å². The number of carbonyl (C=O) groups excluding carboxylic acids is 1. The second kappa shape index (κ2) is 8.34. The molecule has 154 valence electrons. The Bertz CT molecular complexity index is 1120. The first kappa shape index (κ1) is 21.0. The molecule has 2 aromatic carbocycles. The summed E-state index contributed by atoms with van der Waals surface area (Å²) >= 11 is 0. The second-order valence-corrected chi connectivity index (χ2v) is 9.14. The molecular formula is C21H26N4O3S. The van der Waals surface area contributed by atoms with Crippen molar-refractivity contribution in [1.29, 1.82) is 0 Å².